The van der Waals surface area contributed by atoms with Crippen LogP contribution in [0.5, 0.6) is 0 Å². The van der Waals surface area contributed by atoms with Crippen LogP contribution in [0.25, 0.3) is 0 Å². The minimum absolute atomic E-state index is 0.00771. The molecule has 0 aromatic rings. The van der Waals surface area contributed by atoms with Gasteiger partial charge in [-0.05, 0) is 92.6 Å². The molecule has 5 aliphatic rings. The zero-order valence-electron chi connectivity index (χ0n) is 21.1. The summed E-state index contributed by atoms with van der Waals surface area (Å²) < 4.78 is 17.3. The maximum Gasteiger partial charge on any atom is 0.509 e. The lowest BCUT2D eigenvalue weighted by Gasteiger charge is -2.66. The molecule has 4 aliphatic carbocycles. The molecule has 5 fully saturated rings. The third kappa shape index (κ3) is 3.39. The quantitative estimate of drug-likeness (QED) is 0.446. The van der Waals surface area contributed by atoms with Crippen LogP contribution < -0.4 is 0 Å². The molecule has 9 atom stereocenters. The lowest BCUT2D eigenvalue weighted by atomic mass is 9.39. The highest BCUT2D eigenvalue weighted by atomic mass is 32.2. The molecule has 4 saturated carbocycles. The van der Waals surface area contributed by atoms with Crippen LogP contribution in [0.2, 0.25) is 0 Å². The number of carbonyl (C=O) groups excluding carboxylic acids is 2. The molecular weight excluding hydrogens is 436 g/mol. The molecule has 0 radical (unpaired) electrons. The summed E-state index contributed by atoms with van der Waals surface area (Å²) in [5, 5.41) is 0. The summed E-state index contributed by atoms with van der Waals surface area (Å²) in [7, 11) is 0. The second-order valence-electron chi connectivity index (χ2n) is 12.7. The zero-order chi connectivity index (χ0) is 23.6. The highest BCUT2D eigenvalue weighted by molar-refractivity contribution is 7.98. The molecule has 33 heavy (non-hydrogen) atoms. The number of rotatable bonds is 4. The van der Waals surface area contributed by atoms with Gasteiger partial charge in [-0.1, -0.05) is 27.7 Å². The Balaban J connectivity index is 1.32. The maximum absolute atomic E-state index is 12.5. The minimum atomic E-state index is -0.473. The van der Waals surface area contributed by atoms with E-state index in [2.05, 4.69) is 20.8 Å². The fourth-order valence-corrected chi connectivity index (χ4v) is 10.1. The van der Waals surface area contributed by atoms with E-state index in [9.17, 15) is 9.59 Å². The molecule has 9 unspecified atom stereocenters. The molecule has 0 N–H and O–H groups in total. The molecule has 1 aliphatic heterocycles. The van der Waals surface area contributed by atoms with Crippen molar-refractivity contribution < 1.29 is 23.8 Å². The van der Waals surface area contributed by atoms with Gasteiger partial charge in [-0.2, -0.15) is 11.8 Å². The smallest absolute Gasteiger partial charge is 0.462 e. The summed E-state index contributed by atoms with van der Waals surface area (Å²) in [6.07, 6.45) is 11.7. The SMILES string of the molecule is CSCC(C)C(=O)OC1CCC2(C)C(CCC3(C)C2CCC2(C)C3CCC23COC(=O)O3)C1. The summed E-state index contributed by atoms with van der Waals surface area (Å²) in [6, 6.07) is 0. The van der Waals surface area contributed by atoms with Crippen LogP contribution >= 0.6 is 11.8 Å². The number of ether oxygens (including phenoxy) is 3. The summed E-state index contributed by atoms with van der Waals surface area (Å²) in [5.41, 5.74) is 0.168. The number of fused-ring (bicyclic) bond motifs is 6. The Hall–Kier alpha value is -0.910. The van der Waals surface area contributed by atoms with E-state index in [1.807, 2.05) is 13.2 Å². The van der Waals surface area contributed by atoms with E-state index < -0.39 is 11.8 Å². The number of esters is 1. The highest BCUT2D eigenvalue weighted by Crippen LogP contribution is 2.73. The Labute approximate surface area is 203 Å². The lowest BCUT2D eigenvalue weighted by Crippen LogP contribution is -2.61. The van der Waals surface area contributed by atoms with Crippen molar-refractivity contribution in [1.29, 1.82) is 0 Å². The Morgan fingerprint density at radius 3 is 2.48 bits per heavy atom. The normalized spacial score (nSPS) is 49.4. The van der Waals surface area contributed by atoms with Crippen LogP contribution in [0.4, 0.5) is 4.79 Å². The van der Waals surface area contributed by atoms with Gasteiger partial charge in [0.1, 0.15) is 12.7 Å². The molecular formula is C27H42O5S. The molecule has 5 nitrogen and oxygen atoms in total. The average molecular weight is 479 g/mol. The number of cyclic esters (lactones) is 1. The number of hydrogen-bond donors (Lipinski definition) is 0. The van der Waals surface area contributed by atoms with Gasteiger partial charge in [0.15, 0.2) is 5.60 Å². The van der Waals surface area contributed by atoms with Gasteiger partial charge in [-0.15, -0.1) is 0 Å². The minimum Gasteiger partial charge on any atom is -0.462 e. The Kier molecular flexibility index (Phi) is 5.82. The van der Waals surface area contributed by atoms with Crippen molar-refractivity contribution in [2.75, 3.05) is 18.6 Å². The van der Waals surface area contributed by atoms with Crippen LogP contribution in [-0.4, -0.2) is 42.4 Å². The topological polar surface area (TPSA) is 61.8 Å². The van der Waals surface area contributed by atoms with Gasteiger partial charge in [0.05, 0.1) is 5.92 Å². The second kappa shape index (κ2) is 8.06. The first-order valence-electron chi connectivity index (χ1n) is 13.1. The number of hydrogen-bond acceptors (Lipinski definition) is 6. The van der Waals surface area contributed by atoms with Gasteiger partial charge in [0.25, 0.3) is 0 Å². The first-order valence-corrected chi connectivity index (χ1v) is 14.5. The van der Waals surface area contributed by atoms with Crippen LogP contribution in [0, 0.1) is 39.9 Å². The monoisotopic (exact) mass is 478 g/mol. The van der Waals surface area contributed by atoms with Crippen molar-refractivity contribution >= 4 is 23.9 Å². The molecule has 5 rings (SSSR count). The standard InChI is InChI=1S/C27H42O5S/c1-17(15-33-5)22(28)31-19-7-11-24(2)18(14-19)6-10-25(3)20(24)8-12-26(4)21(25)9-13-27(26)16-30-23(29)32-27/h17-21H,6-16H2,1-5H3. The van der Waals surface area contributed by atoms with Gasteiger partial charge >= 0.3 is 12.1 Å². The van der Waals surface area contributed by atoms with Crippen LogP contribution in [0.15, 0.2) is 0 Å². The first-order chi connectivity index (χ1) is 15.6. The maximum atomic E-state index is 12.5. The Morgan fingerprint density at radius 1 is 1.06 bits per heavy atom. The van der Waals surface area contributed by atoms with Gasteiger partial charge in [-0.3, -0.25) is 4.79 Å². The highest BCUT2D eigenvalue weighted by Gasteiger charge is 2.71. The van der Waals surface area contributed by atoms with Crippen LogP contribution in [-0.2, 0) is 19.0 Å². The van der Waals surface area contributed by atoms with Crippen molar-refractivity contribution in [3.8, 4) is 0 Å². The largest absolute Gasteiger partial charge is 0.509 e. The molecule has 1 spiro atoms. The Morgan fingerprint density at radius 2 is 1.79 bits per heavy atom. The van der Waals surface area contributed by atoms with Crippen molar-refractivity contribution in [2.24, 2.45) is 39.9 Å². The van der Waals surface area contributed by atoms with Crippen LogP contribution in [0.3, 0.4) is 0 Å². The fraction of sp³-hybridized carbons (Fsp3) is 0.926. The molecule has 1 heterocycles. The van der Waals surface area contributed by atoms with Crippen LogP contribution in [0.1, 0.15) is 85.5 Å². The van der Waals surface area contributed by atoms with E-state index in [0.717, 1.165) is 44.3 Å². The third-order valence-corrected chi connectivity index (χ3v) is 12.1. The lowest BCUT2D eigenvalue weighted by molar-refractivity contribution is -0.196. The molecule has 0 amide bonds. The molecule has 0 bridgehead atoms. The summed E-state index contributed by atoms with van der Waals surface area (Å²) >= 11 is 1.71. The van der Waals surface area contributed by atoms with Crippen molar-refractivity contribution in [3.05, 3.63) is 0 Å². The van der Waals surface area contributed by atoms with Gasteiger partial charge in [-0.25, -0.2) is 4.79 Å². The fourth-order valence-electron chi connectivity index (χ4n) is 9.48. The summed E-state index contributed by atoms with van der Waals surface area (Å²) in [4.78, 5) is 24.5. The van der Waals surface area contributed by atoms with Gasteiger partial charge in [0, 0.05) is 11.2 Å². The predicted octanol–water partition coefficient (Wildman–Crippen LogP) is 6.24. The van der Waals surface area contributed by atoms with E-state index in [1.54, 1.807) is 11.8 Å². The molecule has 6 heteroatoms. The van der Waals surface area contributed by atoms with Gasteiger partial charge < -0.3 is 14.2 Å². The predicted molar refractivity (Wildman–Crippen MR) is 129 cm³/mol. The molecule has 186 valence electrons. The second-order valence-corrected chi connectivity index (χ2v) is 13.6. The van der Waals surface area contributed by atoms with E-state index in [0.29, 0.717) is 29.8 Å². The number of carbonyl (C=O) groups is 2. The van der Waals surface area contributed by atoms with E-state index >= 15 is 0 Å². The summed E-state index contributed by atoms with van der Waals surface area (Å²) in [5.74, 6) is 2.67. The van der Waals surface area contributed by atoms with Crippen molar-refractivity contribution in [1.82, 2.24) is 0 Å². The van der Waals surface area contributed by atoms with E-state index in [1.165, 1.54) is 19.3 Å². The molecule has 0 aromatic heterocycles. The van der Waals surface area contributed by atoms with E-state index in [4.69, 9.17) is 14.2 Å². The zero-order valence-corrected chi connectivity index (χ0v) is 21.9. The average Bonchev–Trinajstić information content (AvgIpc) is 3.29. The third-order valence-electron chi connectivity index (χ3n) is 11.3. The van der Waals surface area contributed by atoms with Gasteiger partial charge in [0.2, 0.25) is 0 Å². The Bertz CT molecular complexity index is 816. The number of thioether (sulfide) groups is 1. The molecule has 0 aromatic carbocycles. The first kappa shape index (κ1) is 23.8. The van der Waals surface area contributed by atoms with Crippen molar-refractivity contribution in [3.63, 3.8) is 0 Å². The molecule has 1 saturated heterocycles. The van der Waals surface area contributed by atoms with E-state index in [-0.39, 0.29) is 28.8 Å². The van der Waals surface area contributed by atoms with Crippen molar-refractivity contribution in [2.45, 2.75) is 97.2 Å². The summed E-state index contributed by atoms with van der Waals surface area (Å²) in [6.45, 7) is 9.89.